The highest BCUT2D eigenvalue weighted by Gasteiger charge is 2.22. The molecule has 2 heteroatoms. The molecule has 2 rings (SSSR count). The maximum absolute atomic E-state index is 5.18. The number of fused-ring (bicyclic) bond motifs is 1. The molecule has 0 saturated carbocycles. The first-order valence-corrected chi connectivity index (χ1v) is 3.20. The third-order valence-electron chi connectivity index (χ3n) is 1.51. The second-order valence-electron chi connectivity index (χ2n) is 2.19. The summed E-state index contributed by atoms with van der Waals surface area (Å²) in [5.74, 6) is 0. The van der Waals surface area contributed by atoms with Crippen molar-refractivity contribution in [2.24, 2.45) is 0 Å². The average molecular weight is 135 g/mol. The highest BCUT2D eigenvalue weighted by molar-refractivity contribution is 5.17. The van der Waals surface area contributed by atoms with Gasteiger partial charge in [-0.3, -0.25) is 0 Å². The summed E-state index contributed by atoms with van der Waals surface area (Å²) in [7, 11) is 0. The zero-order valence-electron chi connectivity index (χ0n) is 5.36. The Balaban J connectivity index is 2.19. The minimum Gasteiger partial charge on any atom is -0.486 e. The van der Waals surface area contributed by atoms with Crippen LogP contribution in [0.25, 0.3) is 0 Å². The van der Waals surface area contributed by atoms with E-state index in [1.54, 1.807) is 0 Å². The zero-order chi connectivity index (χ0) is 6.81. The molecular weight excluding hydrogens is 128 g/mol. The smallest absolute Gasteiger partial charge is 0.200 e. The fourth-order valence-electron chi connectivity index (χ4n) is 1.01. The number of hydrogen-bond donors (Lipinski definition) is 0. The molecule has 0 N–H and O–H groups in total. The topological polar surface area (TPSA) is 18.5 Å². The summed E-state index contributed by atoms with van der Waals surface area (Å²) in [5, 5.41) is 0. The summed E-state index contributed by atoms with van der Waals surface area (Å²) in [5.41, 5.74) is 0. The van der Waals surface area contributed by atoms with Crippen LogP contribution in [0.5, 0.6) is 0 Å². The molecular formula is C8H7O2. The van der Waals surface area contributed by atoms with Gasteiger partial charge in [0.05, 0.1) is 0 Å². The molecule has 1 aliphatic carbocycles. The highest BCUT2D eigenvalue weighted by atomic mass is 16.6. The second kappa shape index (κ2) is 2.21. The normalized spacial score (nSPS) is 34.4. The Bertz CT molecular complexity index is 181. The zero-order valence-corrected chi connectivity index (χ0v) is 5.36. The van der Waals surface area contributed by atoms with Crippen molar-refractivity contribution < 1.29 is 9.47 Å². The fraction of sp³-hybridized carbons (Fsp3) is 0.250. The molecule has 0 bridgehead atoms. The van der Waals surface area contributed by atoms with Crippen LogP contribution in [0.15, 0.2) is 30.6 Å². The van der Waals surface area contributed by atoms with Gasteiger partial charge in [0.25, 0.3) is 0 Å². The Morgan fingerprint density at radius 1 is 1.10 bits per heavy atom. The average Bonchev–Trinajstić information content (AvgIpc) is 2.05. The van der Waals surface area contributed by atoms with Crippen LogP contribution < -0.4 is 0 Å². The van der Waals surface area contributed by atoms with Crippen molar-refractivity contribution in [3.63, 3.8) is 0 Å². The molecule has 0 spiro atoms. The van der Waals surface area contributed by atoms with Gasteiger partial charge >= 0.3 is 0 Å². The van der Waals surface area contributed by atoms with Gasteiger partial charge in [-0.1, -0.05) is 12.2 Å². The molecule has 0 saturated heterocycles. The number of hydrogen-bond acceptors (Lipinski definition) is 2. The number of rotatable bonds is 0. The van der Waals surface area contributed by atoms with E-state index >= 15 is 0 Å². The summed E-state index contributed by atoms with van der Waals surface area (Å²) >= 11 is 0. The van der Waals surface area contributed by atoms with Crippen molar-refractivity contribution in [3.05, 3.63) is 36.8 Å². The predicted octanol–water partition coefficient (Wildman–Crippen LogP) is 1.17. The second-order valence-corrected chi connectivity index (χ2v) is 2.19. The SMILES string of the molecule is [C]1=COC2C=CC=CC2O1. The van der Waals surface area contributed by atoms with E-state index in [0.29, 0.717) is 0 Å². The van der Waals surface area contributed by atoms with E-state index < -0.39 is 0 Å². The van der Waals surface area contributed by atoms with Crippen molar-refractivity contribution in [2.75, 3.05) is 0 Å². The van der Waals surface area contributed by atoms with E-state index in [1.807, 2.05) is 24.3 Å². The quantitative estimate of drug-likeness (QED) is 0.496. The first-order valence-electron chi connectivity index (χ1n) is 3.20. The van der Waals surface area contributed by atoms with E-state index in [1.165, 1.54) is 6.26 Å². The van der Waals surface area contributed by atoms with E-state index in [-0.39, 0.29) is 12.2 Å². The van der Waals surface area contributed by atoms with Gasteiger partial charge in [0.2, 0.25) is 0 Å². The summed E-state index contributed by atoms with van der Waals surface area (Å²) in [4.78, 5) is 0. The van der Waals surface area contributed by atoms with E-state index in [0.717, 1.165) is 0 Å². The number of allylic oxidation sites excluding steroid dienone is 2. The summed E-state index contributed by atoms with van der Waals surface area (Å²) in [6.45, 7) is 0. The first-order chi connectivity index (χ1) is 4.97. The van der Waals surface area contributed by atoms with Crippen LogP contribution in [0, 0.1) is 6.26 Å². The molecule has 0 fully saturated rings. The minimum absolute atomic E-state index is 0.0231. The first kappa shape index (κ1) is 5.59. The highest BCUT2D eigenvalue weighted by Crippen LogP contribution is 2.16. The Morgan fingerprint density at radius 3 is 2.70 bits per heavy atom. The fourth-order valence-corrected chi connectivity index (χ4v) is 1.01. The molecule has 2 aliphatic rings. The molecule has 0 amide bonds. The molecule has 51 valence electrons. The van der Waals surface area contributed by atoms with E-state index in [2.05, 4.69) is 6.26 Å². The third kappa shape index (κ3) is 0.817. The van der Waals surface area contributed by atoms with Gasteiger partial charge in [-0.05, 0) is 12.2 Å². The van der Waals surface area contributed by atoms with Crippen LogP contribution in [-0.2, 0) is 9.47 Å². The molecule has 1 radical (unpaired) electrons. The molecule has 10 heavy (non-hydrogen) atoms. The third-order valence-corrected chi connectivity index (χ3v) is 1.51. The van der Waals surface area contributed by atoms with Gasteiger partial charge in [0.15, 0.2) is 18.5 Å². The maximum Gasteiger partial charge on any atom is 0.200 e. The molecule has 1 aliphatic heterocycles. The molecule has 0 aromatic rings. The van der Waals surface area contributed by atoms with Crippen molar-refractivity contribution in [1.29, 1.82) is 0 Å². The lowest BCUT2D eigenvalue weighted by Crippen LogP contribution is -2.29. The monoisotopic (exact) mass is 135 g/mol. The van der Waals surface area contributed by atoms with Crippen LogP contribution in [0.1, 0.15) is 0 Å². The lowest BCUT2D eigenvalue weighted by atomic mass is 10.1. The molecule has 2 nitrogen and oxygen atoms in total. The minimum atomic E-state index is 0.0231. The summed E-state index contributed by atoms with van der Waals surface area (Å²) in [6.07, 6.45) is 11.9. The summed E-state index contributed by atoms with van der Waals surface area (Å²) < 4.78 is 10.3. The Hall–Kier alpha value is -1.18. The van der Waals surface area contributed by atoms with Crippen LogP contribution in [0.3, 0.4) is 0 Å². The van der Waals surface area contributed by atoms with Crippen LogP contribution in [-0.4, -0.2) is 12.2 Å². The van der Waals surface area contributed by atoms with Crippen molar-refractivity contribution in [2.45, 2.75) is 12.2 Å². The molecule has 0 aromatic carbocycles. The van der Waals surface area contributed by atoms with Gasteiger partial charge in [-0.2, -0.15) is 0 Å². The number of ether oxygens (including phenoxy) is 2. The predicted molar refractivity (Wildman–Crippen MR) is 35.8 cm³/mol. The van der Waals surface area contributed by atoms with E-state index in [4.69, 9.17) is 9.47 Å². The molecule has 2 unspecified atom stereocenters. The lowest BCUT2D eigenvalue weighted by molar-refractivity contribution is 0.00681. The van der Waals surface area contributed by atoms with Gasteiger partial charge < -0.3 is 9.47 Å². The largest absolute Gasteiger partial charge is 0.486 e. The standard InChI is InChI=1S/C8H7O2/c1-2-4-8-7(3-1)9-5-6-10-8/h1-5,7-8H. The van der Waals surface area contributed by atoms with Crippen LogP contribution >= 0.6 is 0 Å². The van der Waals surface area contributed by atoms with Crippen LogP contribution in [0.2, 0.25) is 0 Å². The van der Waals surface area contributed by atoms with Crippen molar-refractivity contribution in [3.8, 4) is 0 Å². The van der Waals surface area contributed by atoms with Gasteiger partial charge in [-0.25, -0.2) is 0 Å². The maximum atomic E-state index is 5.18. The molecule has 2 atom stereocenters. The van der Waals surface area contributed by atoms with Gasteiger partial charge in [0, 0.05) is 0 Å². The lowest BCUT2D eigenvalue weighted by Gasteiger charge is -2.25. The summed E-state index contributed by atoms with van der Waals surface area (Å²) in [6, 6.07) is 0. The van der Waals surface area contributed by atoms with Gasteiger partial charge in [-0.15, -0.1) is 0 Å². The molecule has 0 aromatic heterocycles. The van der Waals surface area contributed by atoms with Crippen molar-refractivity contribution >= 4 is 0 Å². The van der Waals surface area contributed by atoms with Crippen molar-refractivity contribution in [1.82, 2.24) is 0 Å². The Kier molecular flexibility index (Phi) is 1.24. The van der Waals surface area contributed by atoms with Crippen LogP contribution in [0.4, 0.5) is 0 Å². The Morgan fingerprint density at radius 2 is 1.90 bits per heavy atom. The molecule has 1 heterocycles. The Labute approximate surface area is 59.4 Å². The van der Waals surface area contributed by atoms with E-state index in [9.17, 15) is 0 Å². The van der Waals surface area contributed by atoms with Gasteiger partial charge in [0.1, 0.15) is 6.26 Å².